The smallest absolute Gasteiger partial charge is 0.187 e. The van der Waals surface area contributed by atoms with Gasteiger partial charge in [-0.05, 0) is 36.2 Å². The van der Waals surface area contributed by atoms with E-state index in [2.05, 4.69) is 5.16 Å². The molecular weight excluding hydrogens is 300 g/mol. The lowest BCUT2D eigenvalue weighted by Gasteiger charge is -2.10. The highest BCUT2D eigenvalue weighted by atomic mass is 35.5. The highest BCUT2D eigenvalue weighted by molar-refractivity contribution is 6.31. The van der Waals surface area contributed by atoms with E-state index < -0.39 is 0 Å². The van der Waals surface area contributed by atoms with Gasteiger partial charge in [-0.2, -0.15) is 5.26 Å². The van der Waals surface area contributed by atoms with Gasteiger partial charge >= 0.3 is 0 Å². The Bertz CT molecular complexity index is 736. The van der Waals surface area contributed by atoms with E-state index in [-0.39, 0.29) is 5.71 Å². The molecule has 22 heavy (non-hydrogen) atoms. The maximum atomic E-state index is 9.17. The number of hydrogen-bond donors (Lipinski definition) is 0. The number of nitriles is 1. The van der Waals surface area contributed by atoms with Gasteiger partial charge in [-0.25, -0.2) is 0 Å². The lowest BCUT2D eigenvalue weighted by molar-refractivity contribution is 0.214. The standard InChI is InChI=1S/C17H15ClN2O2/c1-12-9-14(7-8-16(12)18)22-11-13-5-3-4-6-15(13)17(10-19)20-21-2/h3-9H,11H2,1-2H3. The number of halogens is 1. The molecule has 0 aliphatic rings. The molecule has 0 spiro atoms. The molecule has 4 nitrogen and oxygen atoms in total. The van der Waals surface area contributed by atoms with Gasteiger partial charge in [0.2, 0.25) is 0 Å². The molecule has 0 fully saturated rings. The van der Waals surface area contributed by atoms with Gasteiger partial charge in [0.05, 0.1) is 0 Å². The molecule has 0 atom stereocenters. The molecule has 2 aromatic carbocycles. The van der Waals surface area contributed by atoms with Crippen molar-refractivity contribution in [2.45, 2.75) is 13.5 Å². The van der Waals surface area contributed by atoms with Gasteiger partial charge < -0.3 is 9.57 Å². The van der Waals surface area contributed by atoms with E-state index >= 15 is 0 Å². The second-order valence-electron chi connectivity index (χ2n) is 4.59. The zero-order valence-electron chi connectivity index (χ0n) is 12.3. The molecule has 5 heteroatoms. The molecule has 0 aromatic heterocycles. The Morgan fingerprint density at radius 1 is 1.27 bits per heavy atom. The van der Waals surface area contributed by atoms with Crippen LogP contribution in [-0.4, -0.2) is 12.8 Å². The number of nitrogens with zero attached hydrogens (tertiary/aromatic N) is 2. The van der Waals surface area contributed by atoms with Crippen LogP contribution in [0, 0.1) is 18.3 Å². The first kappa shape index (κ1) is 15.9. The Kier molecular flexibility index (Phi) is 5.40. The zero-order valence-corrected chi connectivity index (χ0v) is 13.1. The third kappa shape index (κ3) is 3.78. The summed E-state index contributed by atoms with van der Waals surface area (Å²) in [4.78, 5) is 4.71. The molecule has 0 aliphatic carbocycles. The van der Waals surface area contributed by atoms with Crippen molar-refractivity contribution in [2.75, 3.05) is 7.11 Å². The highest BCUT2D eigenvalue weighted by Gasteiger charge is 2.10. The predicted octanol–water partition coefficient (Wildman–Crippen LogP) is 4.10. The van der Waals surface area contributed by atoms with Gasteiger partial charge in [0, 0.05) is 10.6 Å². The molecular formula is C17H15ClN2O2. The maximum Gasteiger partial charge on any atom is 0.187 e. The average molecular weight is 315 g/mol. The molecule has 0 saturated carbocycles. The maximum absolute atomic E-state index is 9.17. The number of benzene rings is 2. The minimum Gasteiger partial charge on any atom is -0.489 e. The Morgan fingerprint density at radius 2 is 2.05 bits per heavy atom. The molecule has 0 aliphatic heterocycles. The van der Waals surface area contributed by atoms with Crippen LogP contribution in [0.5, 0.6) is 5.75 Å². The number of aryl methyl sites for hydroxylation is 1. The van der Waals surface area contributed by atoms with Crippen molar-refractivity contribution in [2.24, 2.45) is 5.16 Å². The first-order valence-electron chi connectivity index (χ1n) is 6.64. The molecule has 0 bridgehead atoms. The first-order chi connectivity index (χ1) is 10.7. The van der Waals surface area contributed by atoms with Crippen LogP contribution in [0.4, 0.5) is 0 Å². The lowest BCUT2D eigenvalue weighted by Crippen LogP contribution is -2.06. The molecule has 2 aromatic rings. The fourth-order valence-corrected chi connectivity index (χ4v) is 2.08. The van der Waals surface area contributed by atoms with Crippen molar-refractivity contribution < 1.29 is 9.57 Å². The fourth-order valence-electron chi connectivity index (χ4n) is 1.97. The van der Waals surface area contributed by atoms with Crippen molar-refractivity contribution in [3.63, 3.8) is 0 Å². The van der Waals surface area contributed by atoms with E-state index in [1.165, 1.54) is 7.11 Å². The van der Waals surface area contributed by atoms with Gasteiger partial charge in [-0.1, -0.05) is 41.0 Å². The average Bonchev–Trinajstić information content (AvgIpc) is 2.54. The number of ether oxygens (including phenoxy) is 1. The Hall–Kier alpha value is -2.51. The SMILES string of the molecule is CON=C(C#N)c1ccccc1COc1ccc(Cl)c(C)c1. The van der Waals surface area contributed by atoms with E-state index in [1.807, 2.05) is 49.4 Å². The minimum atomic E-state index is 0.217. The van der Waals surface area contributed by atoms with Crippen LogP contribution in [0.3, 0.4) is 0 Å². The van der Waals surface area contributed by atoms with Gasteiger partial charge in [0.15, 0.2) is 5.71 Å². The monoisotopic (exact) mass is 314 g/mol. The molecule has 0 radical (unpaired) electrons. The zero-order chi connectivity index (χ0) is 15.9. The van der Waals surface area contributed by atoms with Crippen molar-refractivity contribution >= 4 is 17.3 Å². The van der Waals surface area contributed by atoms with E-state index in [0.717, 1.165) is 16.9 Å². The largest absolute Gasteiger partial charge is 0.489 e. The highest BCUT2D eigenvalue weighted by Crippen LogP contribution is 2.22. The number of hydrogen-bond acceptors (Lipinski definition) is 4. The quantitative estimate of drug-likeness (QED) is 0.616. The van der Waals surface area contributed by atoms with Crippen molar-refractivity contribution in [1.29, 1.82) is 5.26 Å². The number of rotatable bonds is 5. The third-order valence-electron chi connectivity index (χ3n) is 3.08. The van der Waals surface area contributed by atoms with Gasteiger partial charge in [-0.15, -0.1) is 0 Å². The van der Waals surface area contributed by atoms with Gasteiger partial charge in [-0.3, -0.25) is 0 Å². The van der Waals surface area contributed by atoms with Gasteiger partial charge in [0.25, 0.3) is 0 Å². The topological polar surface area (TPSA) is 54.6 Å². The summed E-state index contributed by atoms with van der Waals surface area (Å²) in [5.41, 5.74) is 2.71. The summed E-state index contributed by atoms with van der Waals surface area (Å²) in [5.74, 6) is 0.721. The summed E-state index contributed by atoms with van der Waals surface area (Å²) in [6.45, 7) is 2.24. The molecule has 2 rings (SSSR count). The van der Waals surface area contributed by atoms with E-state index in [0.29, 0.717) is 17.2 Å². The normalized spacial score (nSPS) is 10.9. The van der Waals surface area contributed by atoms with E-state index in [1.54, 1.807) is 6.07 Å². The Balaban J connectivity index is 2.21. The molecule has 0 saturated heterocycles. The Labute approximate surface area is 134 Å². The van der Waals surface area contributed by atoms with Crippen molar-refractivity contribution in [3.8, 4) is 11.8 Å². The minimum absolute atomic E-state index is 0.217. The summed E-state index contributed by atoms with van der Waals surface area (Å²) in [5, 5.41) is 13.6. The summed E-state index contributed by atoms with van der Waals surface area (Å²) < 4.78 is 5.78. The van der Waals surface area contributed by atoms with Crippen LogP contribution in [0.1, 0.15) is 16.7 Å². The molecule has 112 valence electrons. The predicted molar refractivity (Wildman–Crippen MR) is 86.1 cm³/mol. The van der Waals surface area contributed by atoms with Crippen LogP contribution in [0.15, 0.2) is 47.6 Å². The van der Waals surface area contributed by atoms with E-state index in [4.69, 9.17) is 21.2 Å². The second kappa shape index (κ2) is 7.48. The molecule has 0 heterocycles. The summed E-state index contributed by atoms with van der Waals surface area (Å²) in [7, 11) is 1.41. The molecule has 0 N–H and O–H groups in total. The first-order valence-corrected chi connectivity index (χ1v) is 7.02. The van der Waals surface area contributed by atoms with Crippen molar-refractivity contribution in [3.05, 3.63) is 64.2 Å². The second-order valence-corrected chi connectivity index (χ2v) is 5.00. The van der Waals surface area contributed by atoms with Crippen LogP contribution in [0.25, 0.3) is 0 Å². The van der Waals surface area contributed by atoms with Crippen molar-refractivity contribution in [1.82, 2.24) is 0 Å². The Morgan fingerprint density at radius 3 is 2.73 bits per heavy atom. The third-order valence-corrected chi connectivity index (χ3v) is 3.51. The fraction of sp³-hybridized carbons (Fsp3) is 0.176. The lowest BCUT2D eigenvalue weighted by atomic mass is 10.0. The van der Waals surface area contributed by atoms with Crippen LogP contribution in [0.2, 0.25) is 5.02 Å². The van der Waals surface area contributed by atoms with Crippen LogP contribution in [-0.2, 0) is 11.4 Å². The molecule has 0 amide bonds. The van der Waals surface area contributed by atoms with E-state index in [9.17, 15) is 5.26 Å². The summed E-state index contributed by atoms with van der Waals surface area (Å²) in [6, 6.07) is 14.9. The van der Waals surface area contributed by atoms with Crippen LogP contribution < -0.4 is 4.74 Å². The van der Waals surface area contributed by atoms with Gasteiger partial charge in [0.1, 0.15) is 25.5 Å². The number of oxime groups is 1. The summed E-state index contributed by atoms with van der Waals surface area (Å²) >= 11 is 6.00. The molecule has 0 unspecified atom stereocenters. The van der Waals surface area contributed by atoms with Crippen LogP contribution >= 0.6 is 11.6 Å². The summed E-state index contributed by atoms with van der Waals surface area (Å²) in [6.07, 6.45) is 0.